The first kappa shape index (κ1) is 19.5. The molecule has 26 heavy (non-hydrogen) atoms. The molecule has 1 atom stereocenters. The highest BCUT2D eigenvalue weighted by Gasteiger charge is 2.08. The molecule has 6 heteroatoms. The zero-order chi connectivity index (χ0) is 18.8. The maximum Gasteiger partial charge on any atom is 0.314 e. The summed E-state index contributed by atoms with van der Waals surface area (Å²) in [6, 6.07) is 16.2. The summed E-state index contributed by atoms with van der Waals surface area (Å²) in [5, 5.41) is 15.2. The number of ketones is 1. The number of hydrogen-bond acceptors (Lipinski definition) is 4. The summed E-state index contributed by atoms with van der Waals surface area (Å²) in [6.45, 7) is 2.15. The number of Topliss-reactive ketones (excluding diaryl/α,β-unsaturated/α-hetero) is 1. The quantitative estimate of drug-likeness (QED) is 0.601. The number of aliphatic hydroxyl groups is 1. The number of benzene rings is 2. The summed E-state index contributed by atoms with van der Waals surface area (Å²) < 4.78 is 5.44. The minimum absolute atomic E-state index is 0.0148. The highest BCUT2D eigenvalue weighted by Crippen LogP contribution is 2.12. The summed E-state index contributed by atoms with van der Waals surface area (Å²) in [5.74, 6) is 0.542. The maximum absolute atomic E-state index is 11.7. The predicted octanol–water partition coefficient (Wildman–Crippen LogP) is 2.17. The van der Waals surface area contributed by atoms with Crippen molar-refractivity contribution in [1.82, 2.24) is 10.6 Å². The number of carbonyl (C=O) groups excluding carboxylic acids is 2. The Balaban J connectivity index is 1.61. The van der Waals surface area contributed by atoms with Crippen molar-refractivity contribution in [3.8, 4) is 5.75 Å². The van der Waals surface area contributed by atoms with Crippen molar-refractivity contribution in [3.63, 3.8) is 0 Å². The molecule has 0 aliphatic heterocycles. The third-order valence-corrected chi connectivity index (χ3v) is 3.74. The molecule has 0 fully saturated rings. The van der Waals surface area contributed by atoms with E-state index in [9.17, 15) is 14.7 Å². The molecular formula is C20H24N2O4. The highest BCUT2D eigenvalue weighted by molar-refractivity contribution is 5.94. The van der Waals surface area contributed by atoms with E-state index in [0.717, 1.165) is 12.0 Å². The van der Waals surface area contributed by atoms with E-state index >= 15 is 0 Å². The Hall–Kier alpha value is -2.86. The van der Waals surface area contributed by atoms with E-state index in [2.05, 4.69) is 10.6 Å². The van der Waals surface area contributed by atoms with Crippen LogP contribution in [0.3, 0.4) is 0 Å². The van der Waals surface area contributed by atoms with Gasteiger partial charge in [0.25, 0.3) is 0 Å². The fourth-order valence-corrected chi connectivity index (χ4v) is 2.28. The topological polar surface area (TPSA) is 87.7 Å². The second kappa shape index (κ2) is 10.2. The summed E-state index contributed by atoms with van der Waals surface area (Å²) in [7, 11) is 0. The summed E-state index contributed by atoms with van der Waals surface area (Å²) in [4.78, 5) is 22.9. The monoisotopic (exact) mass is 356 g/mol. The third-order valence-electron chi connectivity index (χ3n) is 3.74. The first-order valence-corrected chi connectivity index (χ1v) is 8.52. The minimum Gasteiger partial charge on any atom is -0.491 e. The van der Waals surface area contributed by atoms with Crippen LogP contribution in [0.4, 0.5) is 4.79 Å². The number of amides is 2. The molecule has 6 nitrogen and oxygen atoms in total. The summed E-state index contributed by atoms with van der Waals surface area (Å²) in [5.41, 5.74) is 1.75. The van der Waals surface area contributed by atoms with Gasteiger partial charge in [0.15, 0.2) is 5.78 Å². The molecule has 2 amide bonds. The van der Waals surface area contributed by atoms with Gasteiger partial charge in [-0.2, -0.15) is 0 Å². The smallest absolute Gasteiger partial charge is 0.314 e. The van der Waals surface area contributed by atoms with Gasteiger partial charge in [-0.1, -0.05) is 30.3 Å². The van der Waals surface area contributed by atoms with Gasteiger partial charge in [-0.15, -0.1) is 0 Å². The third kappa shape index (κ3) is 6.94. The Labute approximate surface area is 153 Å². The van der Waals surface area contributed by atoms with E-state index < -0.39 is 6.10 Å². The number of carbonyl (C=O) groups is 2. The Morgan fingerprint density at radius 2 is 1.73 bits per heavy atom. The van der Waals surface area contributed by atoms with Gasteiger partial charge in [-0.3, -0.25) is 4.79 Å². The van der Waals surface area contributed by atoms with E-state index in [4.69, 9.17) is 4.74 Å². The largest absolute Gasteiger partial charge is 0.491 e. The van der Waals surface area contributed by atoms with E-state index in [1.807, 2.05) is 30.3 Å². The normalized spacial score (nSPS) is 11.5. The lowest BCUT2D eigenvalue weighted by Crippen LogP contribution is -2.41. The van der Waals surface area contributed by atoms with Gasteiger partial charge in [0.2, 0.25) is 0 Å². The molecule has 0 bridgehead atoms. The molecule has 0 aliphatic carbocycles. The first-order chi connectivity index (χ1) is 12.5. The van der Waals surface area contributed by atoms with Crippen molar-refractivity contribution in [3.05, 3.63) is 65.7 Å². The molecule has 138 valence electrons. The van der Waals surface area contributed by atoms with Crippen LogP contribution in [0.5, 0.6) is 5.75 Å². The van der Waals surface area contributed by atoms with Crippen LogP contribution in [0.2, 0.25) is 0 Å². The van der Waals surface area contributed by atoms with Gasteiger partial charge in [-0.05, 0) is 43.2 Å². The lowest BCUT2D eigenvalue weighted by atomic mass is 10.1. The number of aliphatic hydroxyl groups excluding tert-OH is 1. The molecule has 0 aliphatic rings. The van der Waals surface area contributed by atoms with Crippen molar-refractivity contribution in [2.45, 2.75) is 19.4 Å². The molecule has 1 unspecified atom stereocenters. The van der Waals surface area contributed by atoms with Crippen LogP contribution in [-0.4, -0.2) is 42.7 Å². The highest BCUT2D eigenvalue weighted by atomic mass is 16.5. The van der Waals surface area contributed by atoms with Crippen LogP contribution in [0.15, 0.2) is 54.6 Å². The molecule has 2 rings (SSSR count). The standard InChI is InChI=1S/C20H24N2O4/c1-15(23)17-7-9-19(10-8-17)26-14-18(24)13-22-20(25)21-12-11-16-5-3-2-4-6-16/h2-10,18,24H,11-14H2,1H3,(H2,21,22,25). The van der Waals surface area contributed by atoms with Crippen LogP contribution in [0, 0.1) is 0 Å². The van der Waals surface area contributed by atoms with Crippen LogP contribution < -0.4 is 15.4 Å². The molecule has 0 saturated carbocycles. The number of urea groups is 1. The lowest BCUT2D eigenvalue weighted by molar-refractivity contribution is 0.101. The SMILES string of the molecule is CC(=O)c1ccc(OCC(O)CNC(=O)NCCc2ccccc2)cc1. The molecule has 0 spiro atoms. The van der Waals surface area contributed by atoms with Crippen molar-refractivity contribution in [2.24, 2.45) is 0 Å². The van der Waals surface area contributed by atoms with E-state index in [-0.39, 0.29) is 25.0 Å². The number of rotatable bonds is 9. The van der Waals surface area contributed by atoms with Crippen LogP contribution in [0.25, 0.3) is 0 Å². The van der Waals surface area contributed by atoms with Crippen molar-refractivity contribution in [1.29, 1.82) is 0 Å². The average Bonchev–Trinajstić information content (AvgIpc) is 2.66. The average molecular weight is 356 g/mol. The molecule has 0 heterocycles. The molecule has 2 aromatic rings. The van der Waals surface area contributed by atoms with E-state index in [0.29, 0.717) is 17.9 Å². The van der Waals surface area contributed by atoms with Gasteiger partial charge >= 0.3 is 6.03 Å². The molecule has 2 aromatic carbocycles. The van der Waals surface area contributed by atoms with Gasteiger partial charge in [0.05, 0.1) is 0 Å². The van der Waals surface area contributed by atoms with Gasteiger partial charge in [-0.25, -0.2) is 4.79 Å². The Bertz CT molecular complexity index is 702. The lowest BCUT2D eigenvalue weighted by Gasteiger charge is -2.14. The van der Waals surface area contributed by atoms with Crippen molar-refractivity contribution < 1.29 is 19.4 Å². The Kier molecular flexibility index (Phi) is 7.64. The molecule has 3 N–H and O–H groups in total. The predicted molar refractivity (Wildman–Crippen MR) is 99.5 cm³/mol. The fraction of sp³-hybridized carbons (Fsp3) is 0.300. The minimum atomic E-state index is -0.831. The fourth-order valence-electron chi connectivity index (χ4n) is 2.28. The van der Waals surface area contributed by atoms with Gasteiger partial charge < -0.3 is 20.5 Å². The number of ether oxygens (including phenoxy) is 1. The van der Waals surface area contributed by atoms with Crippen molar-refractivity contribution >= 4 is 11.8 Å². The van der Waals surface area contributed by atoms with Crippen LogP contribution in [-0.2, 0) is 6.42 Å². The molecule has 0 radical (unpaired) electrons. The number of nitrogens with one attached hydrogen (secondary N) is 2. The first-order valence-electron chi connectivity index (χ1n) is 8.52. The Morgan fingerprint density at radius 1 is 1.04 bits per heavy atom. The molecule has 0 saturated heterocycles. The van der Waals surface area contributed by atoms with E-state index in [1.54, 1.807) is 24.3 Å². The van der Waals surface area contributed by atoms with Crippen LogP contribution >= 0.6 is 0 Å². The van der Waals surface area contributed by atoms with Gasteiger partial charge in [0.1, 0.15) is 18.5 Å². The van der Waals surface area contributed by atoms with Crippen molar-refractivity contribution in [2.75, 3.05) is 19.7 Å². The molecular weight excluding hydrogens is 332 g/mol. The molecule has 0 aromatic heterocycles. The number of hydrogen-bond donors (Lipinski definition) is 3. The summed E-state index contributed by atoms with van der Waals surface area (Å²) in [6.07, 6.45) is -0.0849. The maximum atomic E-state index is 11.7. The second-order valence-corrected chi connectivity index (χ2v) is 5.92. The zero-order valence-electron chi connectivity index (χ0n) is 14.8. The van der Waals surface area contributed by atoms with Crippen LogP contribution in [0.1, 0.15) is 22.8 Å². The Morgan fingerprint density at radius 3 is 2.38 bits per heavy atom. The summed E-state index contributed by atoms with van der Waals surface area (Å²) >= 11 is 0. The zero-order valence-corrected chi connectivity index (χ0v) is 14.8. The van der Waals surface area contributed by atoms with E-state index in [1.165, 1.54) is 6.92 Å². The van der Waals surface area contributed by atoms with Gasteiger partial charge in [0, 0.05) is 18.7 Å². The second-order valence-electron chi connectivity index (χ2n) is 5.92.